The van der Waals surface area contributed by atoms with Crippen LogP contribution in [0.4, 0.5) is 0 Å². The van der Waals surface area contributed by atoms with Gasteiger partial charge in [-0.05, 0) is 33.8 Å². The van der Waals surface area contributed by atoms with Crippen LogP contribution in [0.1, 0.15) is 40.5 Å². The fourth-order valence-corrected chi connectivity index (χ4v) is 2.83. The summed E-state index contributed by atoms with van der Waals surface area (Å²) < 4.78 is 5.91. The quantitative estimate of drug-likeness (QED) is 0.853. The second kappa shape index (κ2) is 4.26. The Labute approximate surface area is 103 Å². The van der Waals surface area contributed by atoms with Gasteiger partial charge in [0.2, 0.25) is 5.88 Å². The Bertz CT molecular complexity index is 360. The lowest BCUT2D eigenvalue weighted by atomic mass is 9.81. The van der Waals surface area contributed by atoms with Crippen molar-refractivity contribution < 1.29 is 4.74 Å². The molecule has 0 unspecified atom stereocenters. The average Bonchev–Trinajstić information content (AvgIpc) is 2.13. The van der Waals surface area contributed by atoms with Crippen molar-refractivity contribution in [3.8, 4) is 5.88 Å². The highest BCUT2D eigenvalue weighted by molar-refractivity contribution is 5.08. The van der Waals surface area contributed by atoms with Crippen LogP contribution in [0, 0.1) is 0 Å². The Balaban J connectivity index is 2.06. The van der Waals surface area contributed by atoms with Crippen molar-refractivity contribution in [3.63, 3.8) is 0 Å². The third kappa shape index (κ3) is 3.40. The van der Waals surface area contributed by atoms with Crippen molar-refractivity contribution in [3.05, 3.63) is 18.3 Å². The highest BCUT2D eigenvalue weighted by atomic mass is 16.5. The molecule has 0 bridgehead atoms. The van der Waals surface area contributed by atoms with Crippen molar-refractivity contribution in [2.24, 2.45) is 0 Å². The van der Waals surface area contributed by atoms with E-state index in [2.05, 4.69) is 43.2 Å². The number of nitrogens with zero attached hydrogens (tertiary/aromatic N) is 2. The maximum atomic E-state index is 5.91. The molecule has 1 aliphatic heterocycles. The molecule has 1 saturated heterocycles. The smallest absolute Gasteiger partial charge is 0.233 e. The van der Waals surface area contributed by atoms with Crippen molar-refractivity contribution in [2.45, 2.75) is 57.7 Å². The highest BCUT2D eigenvalue weighted by Crippen LogP contribution is 2.30. The molecule has 1 aromatic heterocycles. The summed E-state index contributed by atoms with van der Waals surface area (Å²) in [6.07, 6.45) is 3.81. The van der Waals surface area contributed by atoms with E-state index in [1.807, 2.05) is 12.1 Å². The Morgan fingerprint density at radius 2 is 1.88 bits per heavy atom. The van der Waals surface area contributed by atoms with Gasteiger partial charge in [0, 0.05) is 36.2 Å². The van der Waals surface area contributed by atoms with E-state index in [-0.39, 0.29) is 17.2 Å². The fourth-order valence-electron chi connectivity index (χ4n) is 2.83. The molecule has 0 aliphatic carbocycles. The van der Waals surface area contributed by atoms with Crippen molar-refractivity contribution in [1.82, 2.24) is 15.5 Å². The van der Waals surface area contributed by atoms with Gasteiger partial charge in [0.15, 0.2) is 0 Å². The lowest BCUT2D eigenvalue weighted by Gasteiger charge is -2.46. The first-order chi connectivity index (χ1) is 7.86. The lowest BCUT2D eigenvalue weighted by Crippen LogP contribution is -2.60. The number of hydrogen-bond donors (Lipinski definition) is 1. The van der Waals surface area contributed by atoms with Crippen LogP contribution in [0.25, 0.3) is 0 Å². The molecule has 0 atom stereocenters. The molecule has 1 aliphatic rings. The standard InChI is InChI=1S/C13H21N3O/c1-12(2)8-10(9-13(3,4)16-12)17-11-6-5-7-14-15-11/h5-7,10,16H,8-9H2,1-4H3. The molecule has 0 amide bonds. The first kappa shape index (κ1) is 12.3. The molecule has 0 radical (unpaired) electrons. The fraction of sp³-hybridized carbons (Fsp3) is 0.692. The number of nitrogens with one attached hydrogen (secondary N) is 1. The monoisotopic (exact) mass is 235 g/mol. The van der Waals surface area contributed by atoms with Gasteiger partial charge in [-0.2, -0.15) is 5.10 Å². The molecule has 4 heteroatoms. The van der Waals surface area contributed by atoms with Crippen LogP contribution in [0.5, 0.6) is 5.88 Å². The number of rotatable bonds is 2. The second-order valence-electron chi connectivity index (χ2n) is 6.10. The number of hydrogen-bond acceptors (Lipinski definition) is 4. The van der Waals surface area contributed by atoms with E-state index in [0.29, 0.717) is 5.88 Å². The number of aromatic nitrogens is 2. The first-order valence-electron chi connectivity index (χ1n) is 6.10. The third-order valence-corrected chi connectivity index (χ3v) is 2.99. The first-order valence-corrected chi connectivity index (χ1v) is 6.10. The Kier molecular flexibility index (Phi) is 3.08. The Hall–Kier alpha value is -1.16. The normalized spacial score (nSPS) is 23.3. The summed E-state index contributed by atoms with van der Waals surface area (Å²) in [6, 6.07) is 3.70. The van der Waals surface area contributed by atoms with E-state index in [1.165, 1.54) is 0 Å². The molecule has 0 spiro atoms. The summed E-state index contributed by atoms with van der Waals surface area (Å²) in [5.41, 5.74) is 0.184. The minimum atomic E-state index is 0.0919. The maximum Gasteiger partial charge on any atom is 0.233 e. The summed E-state index contributed by atoms with van der Waals surface area (Å²) in [4.78, 5) is 0. The Morgan fingerprint density at radius 3 is 2.41 bits per heavy atom. The Morgan fingerprint density at radius 1 is 1.24 bits per heavy atom. The van der Waals surface area contributed by atoms with E-state index in [4.69, 9.17) is 4.74 Å². The van der Waals surface area contributed by atoms with Crippen LogP contribution in [-0.2, 0) is 0 Å². The van der Waals surface area contributed by atoms with Gasteiger partial charge in [0.25, 0.3) is 0 Å². The van der Waals surface area contributed by atoms with Crippen molar-refractivity contribution in [1.29, 1.82) is 0 Å². The van der Waals surface area contributed by atoms with Crippen molar-refractivity contribution in [2.75, 3.05) is 0 Å². The molecule has 2 rings (SSSR count). The van der Waals surface area contributed by atoms with Crippen molar-refractivity contribution >= 4 is 0 Å². The molecular weight excluding hydrogens is 214 g/mol. The van der Waals surface area contributed by atoms with E-state index >= 15 is 0 Å². The average molecular weight is 235 g/mol. The predicted octanol–water partition coefficient (Wildman–Crippen LogP) is 2.16. The van der Waals surface area contributed by atoms with Crippen LogP contribution in [-0.4, -0.2) is 27.4 Å². The number of piperidine rings is 1. The molecule has 17 heavy (non-hydrogen) atoms. The summed E-state index contributed by atoms with van der Waals surface area (Å²) >= 11 is 0. The van der Waals surface area contributed by atoms with Gasteiger partial charge >= 0.3 is 0 Å². The third-order valence-electron chi connectivity index (χ3n) is 2.99. The van der Waals surface area contributed by atoms with Crippen LogP contribution < -0.4 is 10.1 Å². The highest BCUT2D eigenvalue weighted by Gasteiger charge is 2.38. The van der Waals surface area contributed by atoms with E-state index in [9.17, 15) is 0 Å². The summed E-state index contributed by atoms with van der Waals surface area (Å²) in [7, 11) is 0. The van der Waals surface area contributed by atoms with Gasteiger partial charge < -0.3 is 10.1 Å². The van der Waals surface area contributed by atoms with Gasteiger partial charge in [-0.25, -0.2) is 0 Å². The predicted molar refractivity (Wildman–Crippen MR) is 67.0 cm³/mol. The minimum Gasteiger partial charge on any atom is -0.473 e. The molecule has 2 heterocycles. The zero-order chi connectivity index (χ0) is 12.5. The molecule has 0 aromatic carbocycles. The van der Waals surface area contributed by atoms with Crippen LogP contribution in [0.3, 0.4) is 0 Å². The van der Waals surface area contributed by atoms with Gasteiger partial charge in [-0.15, -0.1) is 5.10 Å². The largest absolute Gasteiger partial charge is 0.473 e. The summed E-state index contributed by atoms with van der Waals surface area (Å²) in [6.45, 7) is 8.84. The molecule has 94 valence electrons. The molecule has 1 N–H and O–H groups in total. The van der Waals surface area contributed by atoms with Gasteiger partial charge in [-0.3, -0.25) is 0 Å². The minimum absolute atomic E-state index is 0.0919. The van der Waals surface area contributed by atoms with E-state index in [0.717, 1.165) is 12.8 Å². The topological polar surface area (TPSA) is 47.0 Å². The van der Waals surface area contributed by atoms with E-state index in [1.54, 1.807) is 6.20 Å². The summed E-state index contributed by atoms with van der Waals surface area (Å²) in [5, 5.41) is 11.4. The zero-order valence-electron chi connectivity index (χ0n) is 11.0. The second-order valence-corrected chi connectivity index (χ2v) is 6.10. The van der Waals surface area contributed by atoms with Gasteiger partial charge in [0.1, 0.15) is 6.10 Å². The molecule has 1 fully saturated rings. The van der Waals surface area contributed by atoms with Crippen LogP contribution in [0.15, 0.2) is 18.3 Å². The van der Waals surface area contributed by atoms with Gasteiger partial charge in [0.05, 0.1) is 0 Å². The molecule has 4 nitrogen and oxygen atoms in total. The zero-order valence-corrected chi connectivity index (χ0v) is 11.0. The molecular formula is C13H21N3O. The maximum absolute atomic E-state index is 5.91. The SMILES string of the molecule is CC1(C)CC(Oc2cccnn2)CC(C)(C)N1. The molecule has 1 aromatic rings. The summed E-state index contributed by atoms with van der Waals surface area (Å²) in [5.74, 6) is 0.617. The van der Waals surface area contributed by atoms with Gasteiger partial charge in [-0.1, -0.05) is 0 Å². The van der Waals surface area contributed by atoms with E-state index < -0.39 is 0 Å². The lowest BCUT2D eigenvalue weighted by molar-refractivity contribution is 0.0524. The number of ether oxygens (including phenoxy) is 1. The molecule has 0 saturated carbocycles. The van der Waals surface area contributed by atoms with Crippen LogP contribution >= 0.6 is 0 Å². The van der Waals surface area contributed by atoms with Crippen LogP contribution in [0.2, 0.25) is 0 Å².